The standard InChI is InChI=1S/C12H8ClN3/c13-12-10(9-4-2-1-3-5-9)8-11-14-6-7-16(11)15-12/h1-8H. The normalized spacial score (nSPS) is 10.8. The first-order valence-corrected chi connectivity index (χ1v) is 5.28. The molecule has 4 heteroatoms. The van der Waals surface area contributed by atoms with Crippen molar-refractivity contribution >= 4 is 17.2 Å². The second-order valence-electron chi connectivity index (χ2n) is 3.44. The van der Waals surface area contributed by atoms with Crippen molar-refractivity contribution in [2.75, 3.05) is 0 Å². The highest BCUT2D eigenvalue weighted by Crippen LogP contribution is 2.26. The maximum absolute atomic E-state index is 6.13. The predicted octanol–water partition coefficient (Wildman–Crippen LogP) is 3.05. The summed E-state index contributed by atoms with van der Waals surface area (Å²) in [5.74, 6) is 0. The summed E-state index contributed by atoms with van der Waals surface area (Å²) in [4.78, 5) is 4.19. The van der Waals surface area contributed by atoms with Crippen molar-refractivity contribution in [1.82, 2.24) is 14.6 Å². The molecule has 0 saturated carbocycles. The number of hydrogen-bond donors (Lipinski definition) is 0. The lowest BCUT2D eigenvalue weighted by molar-refractivity contribution is 0.938. The molecule has 0 spiro atoms. The summed E-state index contributed by atoms with van der Waals surface area (Å²) >= 11 is 6.13. The van der Waals surface area contributed by atoms with Crippen molar-refractivity contribution in [3.8, 4) is 11.1 Å². The van der Waals surface area contributed by atoms with Gasteiger partial charge in [-0.2, -0.15) is 5.10 Å². The molecule has 1 aromatic carbocycles. The van der Waals surface area contributed by atoms with Gasteiger partial charge in [0.15, 0.2) is 10.8 Å². The van der Waals surface area contributed by atoms with Crippen LogP contribution in [-0.2, 0) is 0 Å². The van der Waals surface area contributed by atoms with E-state index in [1.165, 1.54) is 0 Å². The van der Waals surface area contributed by atoms with E-state index in [1.54, 1.807) is 16.9 Å². The smallest absolute Gasteiger partial charge is 0.157 e. The number of rotatable bonds is 1. The van der Waals surface area contributed by atoms with Crippen LogP contribution < -0.4 is 0 Å². The van der Waals surface area contributed by atoms with Gasteiger partial charge in [0.2, 0.25) is 0 Å². The van der Waals surface area contributed by atoms with Crippen molar-refractivity contribution in [2.45, 2.75) is 0 Å². The molecule has 0 saturated heterocycles. The topological polar surface area (TPSA) is 30.2 Å². The quantitative estimate of drug-likeness (QED) is 0.642. The molecule has 3 nitrogen and oxygen atoms in total. The van der Waals surface area contributed by atoms with E-state index in [0.29, 0.717) is 5.15 Å². The fourth-order valence-electron chi connectivity index (χ4n) is 1.65. The number of benzene rings is 1. The van der Waals surface area contributed by atoms with Gasteiger partial charge in [0.25, 0.3) is 0 Å². The van der Waals surface area contributed by atoms with E-state index in [4.69, 9.17) is 11.6 Å². The third-order valence-corrected chi connectivity index (χ3v) is 2.70. The third kappa shape index (κ3) is 1.46. The monoisotopic (exact) mass is 229 g/mol. The minimum Gasteiger partial charge on any atom is -0.236 e. The number of fused-ring (bicyclic) bond motifs is 1. The molecule has 2 aromatic heterocycles. The molecule has 0 bridgehead atoms. The highest BCUT2D eigenvalue weighted by Gasteiger charge is 2.07. The van der Waals surface area contributed by atoms with E-state index in [2.05, 4.69) is 10.1 Å². The molecule has 3 rings (SSSR count). The van der Waals surface area contributed by atoms with Gasteiger partial charge in [-0.15, -0.1) is 0 Å². The number of imidazole rings is 1. The van der Waals surface area contributed by atoms with Crippen LogP contribution in [0.1, 0.15) is 0 Å². The van der Waals surface area contributed by atoms with Gasteiger partial charge < -0.3 is 0 Å². The van der Waals surface area contributed by atoms with E-state index in [-0.39, 0.29) is 0 Å². The molecule has 16 heavy (non-hydrogen) atoms. The molecule has 0 radical (unpaired) electrons. The SMILES string of the molecule is Clc1nn2ccnc2cc1-c1ccccc1. The van der Waals surface area contributed by atoms with Crippen LogP contribution in [0, 0.1) is 0 Å². The Hall–Kier alpha value is -1.87. The summed E-state index contributed by atoms with van der Waals surface area (Å²) in [7, 11) is 0. The largest absolute Gasteiger partial charge is 0.236 e. The van der Waals surface area contributed by atoms with Gasteiger partial charge in [-0.1, -0.05) is 41.9 Å². The Balaban J connectivity index is 2.27. The zero-order chi connectivity index (χ0) is 11.0. The summed E-state index contributed by atoms with van der Waals surface area (Å²) in [5, 5.41) is 4.71. The molecule has 2 heterocycles. The first kappa shape index (κ1) is 9.36. The molecule has 0 N–H and O–H groups in total. The molecular weight excluding hydrogens is 222 g/mol. The fraction of sp³-hybridized carbons (Fsp3) is 0. The molecule has 0 fully saturated rings. The Morgan fingerprint density at radius 3 is 2.75 bits per heavy atom. The van der Waals surface area contributed by atoms with Crippen molar-refractivity contribution < 1.29 is 0 Å². The summed E-state index contributed by atoms with van der Waals surface area (Å²) in [5.41, 5.74) is 2.75. The Bertz CT molecular complexity index is 631. The number of hydrogen-bond acceptors (Lipinski definition) is 2. The average Bonchev–Trinajstić information content (AvgIpc) is 2.76. The zero-order valence-electron chi connectivity index (χ0n) is 8.34. The Labute approximate surface area is 97.3 Å². The second kappa shape index (κ2) is 3.61. The van der Waals surface area contributed by atoms with Crippen LogP contribution in [0.3, 0.4) is 0 Å². The molecular formula is C12H8ClN3. The molecule has 0 aliphatic heterocycles. The van der Waals surface area contributed by atoms with Crippen molar-refractivity contribution in [3.05, 3.63) is 53.9 Å². The van der Waals surface area contributed by atoms with Gasteiger partial charge in [-0.05, 0) is 11.6 Å². The molecule has 0 aliphatic rings. The second-order valence-corrected chi connectivity index (χ2v) is 3.80. The van der Waals surface area contributed by atoms with Gasteiger partial charge in [-0.3, -0.25) is 0 Å². The lowest BCUT2D eigenvalue weighted by Gasteiger charge is -2.03. The molecule has 78 valence electrons. The van der Waals surface area contributed by atoms with E-state index in [9.17, 15) is 0 Å². The number of nitrogens with zero attached hydrogens (tertiary/aromatic N) is 3. The summed E-state index contributed by atoms with van der Waals surface area (Å²) in [6.07, 6.45) is 3.48. The van der Waals surface area contributed by atoms with Crippen LogP contribution in [0.5, 0.6) is 0 Å². The Kier molecular flexibility index (Phi) is 2.11. The van der Waals surface area contributed by atoms with Gasteiger partial charge >= 0.3 is 0 Å². The van der Waals surface area contributed by atoms with Crippen LogP contribution in [0.15, 0.2) is 48.8 Å². The van der Waals surface area contributed by atoms with Crippen LogP contribution in [0.4, 0.5) is 0 Å². The van der Waals surface area contributed by atoms with E-state index < -0.39 is 0 Å². The zero-order valence-corrected chi connectivity index (χ0v) is 9.09. The van der Waals surface area contributed by atoms with Crippen LogP contribution in [-0.4, -0.2) is 14.6 Å². The molecule has 0 aliphatic carbocycles. The molecule has 0 unspecified atom stereocenters. The average molecular weight is 230 g/mol. The highest BCUT2D eigenvalue weighted by molar-refractivity contribution is 6.32. The maximum Gasteiger partial charge on any atom is 0.157 e. The van der Waals surface area contributed by atoms with Gasteiger partial charge in [-0.25, -0.2) is 9.50 Å². The highest BCUT2D eigenvalue weighted by atomic mass is 35.5. The van der Waals surface area contributed by atoms with Crippen molar-refractivity contribution in [1.29, 1.82) is 0 Å². The van der Waals surface area contributed by atoms with E-state index in [1.807, 2.05) is 36.4 Å². The van der Waals surface area contributed by atoms with Crippen LogP contribution >= 0.6 is 11.6 Å². The summed E-state index contributed by atoms with van der Waals surface area (Å²) < 4.78 is 1.66. The molecule has 0 amide bonds. The van der Waals surface area contributed by atoms with Crippen molar-refractivity contribution in [2.24, 2.45) is 0 Å². The fourth-order valence-corrected chi connectivity index (χ4v) is 1.90. The maximum atomic E-state index is 6.13. The number of aromatic nitrogens is 3. The van der Waals surface area contributed by atoms with Crippen molar-refractivity contribution in [3.63, 3.8) is 0 Å². The minimum atomic E-state index is 0.483. The summed E-state index contributed by atoms with van der Waals surface area (Å²) in [6, 6.07) is 11.9. The molecule has 3 aromatic rings. The predicted molar refractivity (Wildman–Crippen MR) is 63.4 cm³/mol. The minimum absolute atomic E-state index is 0.483. The Morgan fingerprint density at radius 1 is 1.12 bits per heavy atom. The van der Waals surface area contributed by atoms with E-state index in [0.717, 1.165) is 16.8 Å². The van der Waals surface area contributed by atoms with Crippen LogP contribution in [0.25, 0.3) is 16.8 Å². The van der Waals surface area contributed by atoms with Gasteiger partial charge in [0.1, 0.15) is 0 Å². The first-order valence-electron chi connectivity index (χ1n) is 4.90. The third-order valence-electron chi connectivity index (χ3n) is 2.43. The Morgan fingerprint density at radius 2 is 1.94 bits per heavy atom. The van der Waals surface area contributed by atoms with Crippen LogP contribution in [0.2, 0.25) is 5.15 Å². The van der Waals surface area contributed by atoms with Gasteiger partial charge in [0.05, 0.1) is 0 Å². The molecule has 0 atom stereocenters. The first-order chi connectivity index (χ1) is 7.84. The lowest BCUT2D eigenvalue weighted by atomic mass is 10.1. The summed E-state index contributed by atoms with van der Waals surface area (Å²) in [6.45, 7) is 0. The van der Waals surface area contributed by atoms with E-state index >= 15 is 0 Å². The number of halogens is 1. The van der Waals surface area contributed by atoms with Gasteiger partial charge in [0, 0.05) is 18.0 Å². The lowest BCUT2D eigenvalue weighted by Crippen LogP contribution is -1.93.